The minimum absolute atomic E-state index is 0.0295. The van der Waals surface area contributed by atoms with Gasteiger partial charge in [0.05, 0.1) is 0 Å². The lowest BCUT2D eigenvalue weighted by molar-refractivity contribution is -0.390. The SMILES string of the molecule is COC1C(NO)OC(C)(O[C@@]2(C)C(=O)c3c(O)cc(O)cc3OC2c2ccc(O)cc2O)C(O)C1O. The van der Waals surface area contributed by atoms with Crippen molar-refractivity contribution in [2.45, 2.75) is 55.9 Å². The predicted molar refractivity (Wildman–Crippen MR) is 118 cm³/mol. The summed E-state index contributed by atoms with van der Waals surface area (Å²) in [6.07, 6.45) is -7.58. The molecule has 36 heavy (non-hydrogen) atoms. The van der Waals surface area contributed by atoms with Crippen LogP contribution in [0.1, 0.15) is 35.9 Å². The van der Waals surface area contributed by atoms with E-state index in [1.165, 1.54) is 33.1 Å². The summed E-state index contributed by atoms with van der Waals surface area (Å²) in [6, 6.07) is 5.51. The lowest BCUT2D eigenvalue weighted by atomic mass is 9.81. The topological polar surface area (TPSA) is 208 Å². The van der Waals surface area contributed by atoms with Gasteiger partial charge in [-0.15, -0.1) is 0 Å². The van der Waals surface area contributed by atoms with Gasteiger partial charge in [-0.3, -0.25) is 4.79 Å². The van der Waals surface area contributed by atoms with Crippen molar-refractivity contribution in [1.29, 1.82) is 0 Å². The first-order valence-electron chi connectivity index (χ1n) is 10.8. The summed E-state index contributed by atoms with van der Waals surface area (Å²) in [4.78, 5) is 13.8. The largest absolute Gasteiger partial charge is 0.508 e. The van der Waals surface area contributed by atoms with Crippen LogP contribution in [0, 0.1) is 0 Å². The second kappa shape index (κ2) is 9.05. The summed E-state index contributed by atoms with van der Waals surface area (Å²) in [5, 5.41) is 71.6. The summed E-state index contributed by atoms with van der Waals surface area (Å²) in [7, 11) is 1.22. The van der Waals surface area contributed by atoms with Gasteiger partial charge in [-0.1, -0.05) is 0 Å². The Bertz CT molecular complexity index is 1170. The maximum Gasteiger partial charge on any atom is 0.206 e. The first kappa shape index (κ1) is 25.9. The quantitative estimate of drug-likeness (QED) is 0.257. The number of ether oxygens (including phenoxy) is 4. The third kappa shape index (κ3) is 4.00. The molecule has 6 unspecified atom stereocenters. The fraction of sp³-hybridized carbons (Fsp3) is 0.435. The van der Waals surface area contributed by atoms with Gasteiger partial charge in [0.15, 0.2) is 23.7 Å². The van der Waals surface area contributed by atoms with Gasteiger partial charge >= 0.3 is 0 Å². The van der Waals surface area contributed by atoms with Crippen molar-refractivity contribution >= 4 is 5.78 Å². The van der Waals surface area contributed by atoms with E-state index in [1.807, 2.05) is 5.48 Å². The van der Waals surface area contributed by atoms with Crippen molar-refractivity contribution in [3.63, 3.8) is 0 Å². The first-order chi connectivity index (χ1) is 16.9. The Morgan fingerprint density at radius 1 is 1.00 bits per heavy atom. The van der Waals surface area contributed by atoms with E-state index in [4.69, 9.17) is 18.9 Å². The van der Waals surface area contributed by atoms with E-state index in [9.17, 15) is 40.6 Å². The van der Waals surface area contributed by atoms with E-state index >= 15 is 0 Å². The Hall–Kier alpha value is -3.17. The molecule has 1 saturated heterocycles. The van der Waals surface area contributed by atoms with Crippen molar-refractivity contribution in [2.75, 3.05) is 7.11 Å². The molecule has 196 valence electrons. The Morgan fingerprint density at radius 3 is 2.28 bits per heavy atom. The molecule has 0 saturated carbocycles. The molecule has 2 aromatic rings. The number of hydroxylamine groups is 1. The minimum atomic E-state index is -2.18. The molecule has 0 spiro atoms. The van der Waals surface area contributed by atoms with E-state index < -0.39 is 65.1 Å². The molecule has 13 heteroatoms. The second-order valence-electron chi connectivity index (χ2n) is 8.94. The highest BCUT2D eigenvalue weighted by Crippen LogP contribution is 2.51. The molecule has 2 heterocycles. The highest BCUT2D eigenvalue weighted by atomic mass is 16.8. The van der Waals surface area contributed by atoms with Gasteiger partial charge in [-0.2, -0.15) is 5.48 Å². The van der Waals surface area contributed by atoms with Crippen LogP contribution in [0.3, 0.4) is 0 Å². The number of hydrogen-bond acceptors (Lipinski definition) is 13. The number of nitrogens with one attached hydrogen (secondary N) is 1. The van der Waals surface area contributed by atoms with Crippen molar-refractivity contribution in [1.82, 2.24) is 5.48 Å². The standard InChI is InChI=1S/C23H27NO12/c1-22(36-23(2)19(31)16(29)17(33-3)21(24-32)35-23)18(30)15-13(28)7-10(26)8-14(15)34-20(22)11-5-4-9(25)6-12(11)27/h4-8,16-17,19-21,24-29,31-32H,1-3H3/t16?,17?,19?,20?,21?,22-,23?/m0/s1. The minimum Gasteiger partial charge on any atom is -0.508 e. The molecule has 0 amide bonds. The number of aliphatic hydroxyl groups excluding tert-OH is 2. The average Bonchev–Trinajstić information content (AvgIpc) is 2.80. The maximum atomic E-state index is 13.8. The van der Waals surface area contributed by atoms with Crippen molar-refractivity contribution in [2.24, 2.45) is 0 Å². The first-order valence-corrected chi connectivity index (χ1v) is 10.8. The average molecular weight is 509 g/mol. The number of hydrogen-bond donors (Lipinski definition) is 8. The molecule has 7 atom stereocenters. The van der Waals surface area contributed by atoms with Crippen LogP contribution in [0.4, 0.5) is 0 Å². The van der Waals surface area contributed by atoms with Crippen LogP contribution < -0.4 is 10.2 Å². The Morgan fingerprint density at radius 2 is 1.67 bits per heavy atom. The monoisotopic (exact) mass is 509 g/mol. The van der Waals surface area contributed by atoms with Crippen molar-refractivity contribution in [3.05, 3.63) is 41.5 Å². The van der Waals surface area contributed by atoms with E-state index in [0.29, 0.717) is 0 Å². The normalized spacial score (nSPS) is 34.2. The van der Waals surface area contributed by atoms with Crippen molar-refractivity contribution < 1.29 is 59.6 Å². The number of benzene rings is 2. The fourth-order valence-electron chi connectivity index (χ4n) is 4.65. The number of carbonyl (C=O) groups excluding carboxylic acids is 1. The van der Waals surface area contributed by atoms with Gasteiger partial charge in [0, 0.05) is 30.9 Å². The van der Waals surface area contributed by atoms with Gasteiger partial charge < -0.3 is 54.8 Å². The number of rotatable bonds is 5. The second-order valence-corrected chi connectivity index (χ2v) is 8.94. The summed E-state index contributed by atoms with van der Waals surface area (Å²) >= 11 is 0. The zero-order valence-corrected chi connectivity index (χ0v) is 19.4. The van der Waals surface area contributed by atoms with Gasteiger partial charge in [-0.05, 0) is 26.0 Å². The highest BCUT2D eigenvalue weighted by Gasteiger charge is 2.60. The Balaban J connectivity index is 1.86. The summed E-state index contributed by atoms with van der Waals surface area (Å²) in [6.45, 7) is 2.45. The van der Waals surface area contributed by atoms with Gasteiger partial charge in [0.25, 0.3) is 0 Å². The van der Waals surface area contributed by atoms with E-state index in [2.05, 4.69) is 0 Å². The number of aliphatic hydroxyl groups is 2. The Kier molecular flexibility index (Phi) is 6.51. The molecule has 0 bridgehead atoms. The molecule has 4 rings (SSSR count). The van der Waals surface area contributed by atoms with Gasteiger partial charge in [0.2, 0.25) is 5.78 Å². The zero-order chi connectivity index (χ0) is 26.6. The fourth-order valence-corrected chi connectivity index (χ4v) is 4.65. The molecular weight excluding hydrogens is 482 g/mol. The number of Topliss-reactive ketones (excluding diaryl/α,β-unsaturated/α-hetero) is 1. The molecular formula is C23H27NO12. The molecule has 0 radical (unpaired) electrons. The van der Waals surface area contributed by atoms with Crippen LogP contribution in [0.2, 0.25) is 0 Å². The molecule has 0 aliphatic carbocycles. The van der Waals surface area contributed by atoms with Gasteiger partial charge in [0.1, 0.15) is 52.6 Å². The molecule has 13 nitrogen and oxygen atoms in total. The van der Waals surface area contributed by atoms with Crippen LogP contribution in [-0.2, 0) is 14.2 Å². The van der Waals surface area contributed by atoms with E-state index in [0.717, 1.165) is 18.2 Å². The molecule has 2 aliphatic rings. The lowest BCUT2D eigenvalue weighted by Crippen LogP contribution is -2.70. The van der Waals surface area contributed by atoms with E-state index in [-0.39, 0.29) is 22.6 Å². The number of ketones is 1. The van der Waals surface area contributed by atoms with Crippen molar-refractivity contribution in [3.8, 4) is 28.7 Å². The third-order valence-electron chi connectivity index (χ3n) is 6.46. The molecule has 1 fully saturated rings. The van der Waals surface area contributed by atoms with Crippen LogP contribution in [0.5, 0.6) is 28.7 Å². The number of aromatic hydroxyl groups is 4. The predicted octanol–water partition coefficient (Wildman–Crippen LogP) is 0.389. The number of phenolic OH excluding ortho intramolecular Hbond substituents is 4. The highest BCUT2D eigenvalue weighted by molar-refractivity contribution is 6.08. The molecule has 0 aromatic heterocycles. The number of phenols is 4. The number of methoxy groups -OCH3 is 1. The smallest absolute Gasteiger partial charge is 0.206 e. The zero-order valence-electron chi connectivity index (χ0n) is 19.4. The molecule has 2 aromatic carbocycles. The maximum absolute atomic E-state index is 13.8. The van der Waals surface area contributed by atoms with E-state index in [1.54, 1.807) is 0 Å². The number of fused-ring (bicyclic) bond motifs is 1. The molecule has 8 N–H and O–H groups in total. The van der Waals surface area contributed by atoms with Gasteiger partial charge in [-0.25, -0.2) is 0 Å². The summed E-state index contributed by atoms with van der Waals surface area (Å²) in [5.74, 6) is -5.06. The van der Waals surface area contributed by atoms with Crippen LogP contribution in [-0.4, -0.2) is 84.7 Å². The lowest BCUT2D eigenvalue weighted by Gasteiger charge is -2.51. The van der Waals surface area contributed by atoms with Crippen LogP contribution in [0.15, 0.2) is 30.3 Å². The van der Waals surface area contributed by atoms with Crippen LogP contribution in [0.25, 0.3) is 0 Å². The number of carbonyl (C=O) groups is 1. The molecule has 2 aliphatic heterocycles. The third-order valence-corrected chi connectivity index (χ3v) is 6.46. The van der Waals surface area contributed by atoms with Crippen LogP contribution >= 0.6 is 0 Å². The summed E-state index contributed by atoms with van der Waals surface area (Å²) < 4.78 is 22.7. The summed E-state index contributed by atoms with van der Waals surface area (Å²) in [5.41, 5.74) is -0.735. The Labute approximate surface area is 204 Å².